The Bertz CT molecular complexity index is 675. The summed E-state index contributed by atoms with van der Waals surface area (Å²) in [6, 6.07) is 9.84. The molecule has 0 spiro atoms. The highest BCUT2D eigenvalue weighted by atomic mass is 16.7. The molecule has 9 unspecified atom stereocenters. The van der Waals surface area contributed by atoms with Gasteiger partial charge in [-0.2, -0.15) is 0 Å². The molecule has 0 saturated carbocycles. The first-order chi connectivity index (χ1) is 14.7. The first-order valence-corrected chi connectivity index (χ1v) is 10.4. The molecule has 0 bridgehead atoms. The average molecular weight is 444 g/mol. The summed E-state index contributed by atoms with van der Waals surface area (Å²) in [4.78, 5) is 0. The number of aliphatic hydroxyl groups excluding tert-OH is 5. The van der Waals surface area contributed by atoms with Gasteiger partial charge in [-0.3, -0.25) is 0 Å². The predicted octanol–water partition coefficient (Wildman–Crippen LogP) is -1.71. The van der Waals surface area contributed by atoms with E-state index in [1.165, 1.54) is 0 Å². The largest absolute Gasteiger partial charge is 0.393 e. The zero-order valence-corrected chi connectivity index (χ0v) is 17.4. The molecule has 1 aromatic carbocycles. The summed E-state index contributed by atoms with van der Waals surface area (Å²) in [5.41, 5.74) is -0.700. The van der Waals surface area contributed by atoms with Gasteiger partial charge in [-0.05, 0) is 25.3 Å². The van der Waals surface area contributed by atoms with Gasteiger partial charge in [-0.1, -0.05) is 30.3 Å². The summed E-state index contributed by atoms with van der Waals surface area (Å²) in [7, 11) is 0. The Labute approximate surface area is 180 Å². The van der Waals surface area contributed by atoms with E-state index >= 15 is 0 Å². The van der Waals surface area contributed by atoms with Crippen LogP contribution in [0.15, 0.2) is 30.3 Å². The maximum atomic E-state index is 10.3. The van der Waals surface area contributed by atoms with Crippen molar-refractivity contribution in [1.82, 2.24) is 0 Å². The maximum absolute atomic E-state index is 10.3. The lowest BCUT2D eigenvalue weighted by atomic mass is 9.99. The van der Waals surface area contributed by atoms with Crippen LogP contribution in [0, 0.1) is 0 Å². The zero-order valence-electron chi connectivity index (χ0n) is 17.4. The van der Waals surface area contributed by atoms with Crippen LogP contribution in [0.25, 0.3) is 0 Å². The van der Waals surface area contributed by atoms with E-state index in [9.17, 15) is 30.6 Å². The van der Waals surface area contributed by atoms with Crippen molar-refractivity contribution in [1.29, 1.82) is 0 Å². The molecular formula is C21H32O10. The molecule has 3 rings (SSSR count). The topological polar surface area (TPSA) is 158 Å². The van der Waals surface area contributed by atoms with Gasteiger partial charge in [0.15, 0.2) is 12.6 Å². The van der Waals surface area contributed by atoms with Gasteiger partial charge in [-0.15, -0.1) is 0 Å². The molecule has 1 aromatic rings. The molecule has 2 aliphatic rings. The van der Waals surface area contributed by atoms with Gasteiger partial charge in [0.2, 0.25) is 0 Å². The highest BCUT2D eigenvalue weighted by molar-refractivity contribution is 5.14. The summed E-state index contributed by atoms with van der Waals surface area (Å²) < 4.78 is 21.9. The fourth-order valence-electron chi connectivity index (χ4n) is 3.60. The molecule has 0 amide bonds. The molecule has 176 valence electrons. The fraction of sp³-hybridized carbons (Fsp3) is 0.714. The van der Waals surface area contributed by atoms with Crippen LogP contribution in [-0.2, 0) is 25.4 Å². The Kier molecular flexibility index (Phi) is 8.38. The third-order valence-corrected chi connectivity index (χ3v) is 5.72. The lowest BCUT2D eigenvalue weighted by Gasteiger charge is -2.41. The van der Waals surface area contributed by atoms with Gasteiger partial charge in [0.05, 0.1) is 25.9 Å². The third kappa shape index (κ3) is 5.79. The van der Waals surface area contributed by atoms with Gasteiger partial charge >= 0.3 is 0 Å². The molecule has 2 saturated heterocycles. The highest BCUT2D eigenvalue weighted by Crippen LogP contribution is 2.28. The summed E-state index contributed by atoms with van der Waals surface area (Å²) in [5, 5.41) is 59.9. The van der Waals surface area contributed by atoms with Crippen LogP contribution in [0.5, 0.6) is 0 Å². The molecule has 2 aliphatic heterocycles. The van der Waals surface area contributed by atoms with Crippen molar-refractivity contribution in [2.75, 3.05) is 19.8 Å². The van der Waals surface area contributed by atoms with Crippen LogP contribution in [0.4, 0.5) is 0 Å². The molecule has 0 aromatic heterocycles. The number of benzene rings is 1. The Balaban J connectivity index is 1.52. The Hall–Kier alpha value is -1.18. The molecule has 0 aliphatic carbocycles. The normalized spacial score (nSPS) is 39.5. The van der Waals surface area contributed by atoms with E-state index in [1.807, 2.05) is 37.3 Å². The average Bonchev–Trinajstić information content (AvgIpc) is 3.07. The molecule has 10 nitrogen and oxygen atoms in total. The highest BCUT2D eigenvalue weighted by Gasteiger charge is 2.50. The molecular weight excluding hydrogens is 412 g/mol. The summed E-state index contributed by atoms with van der Waals surface area (Å²) in [6.45, 7) is 0.473. The Morgan fingerprint density at radius 3 is 2.42 bits per heavy atom. The van der Waals surface area contributed by atoms with Crippen molar-refractivity contribution in [2.45, 2.75) is 74.6 Å². The van der Waals surface area contributed by atoms with Gasteiger partial charge in [-0.25, -0.2) is 0 Å². The second kappa shape index (κ2) is 10.6. The number of hydrogen-bond donors (Lipinski definition) is 6. The maximum Gasteiger partial charge on any atom is 0.186 e. The number of aliphatic hydroxyl groups is 6. The van der Waals surface area contributed by atoms with Crippen LogP contribution in [0.2, 0.25) is 0 Å². The Morgan fingerprint density at radius 1 is 1.06 bits per heavy atom. The van der Waals surface area contributed by atoms with Crippen molar-refractivity contribution in [3.8, 4) is 0 Å². The molecule has 2 heterocycles. The molecule has 2 fully saturated rings. The van der Waals surface area contributed by atoms with Gasteiger partial charge in [0.1, 0.15) is 36.1 Å². The smallest absolute Gasteiger partial charge is 0.186 e. The molecule has 9 atom stereocenters. The van der Waals surface area contributed by atoms with Crippen molar-refractivity contribution in [2.24, 2.45) is 0 Å². The summed E-state index contributed by atoms with van der Waals surface area (Å²) >= 11 is 0. The number of hydrogen-bond acceptors (Lipinski definition) is 10. The van der Waals surface area contributed by atoms with Gasteiger partial charge < -0.3 is 49.6 Å². The van der Waals surface area contributed by atoms with E-state index in [0.29, 0.717) is 6.42 Å². The van der Waals surface area contributed by atoms with E-state index in [4.69, 9.17) is 18.9 Å². The van der Waals surface area contributed by atoms with Crippen LogP contribution in [0.3, 0.4) is 0 Å². The second-order valence-electron chi connectivity index (χ2n) is 8.20. The van der Waals surface area contributed by atoms with E-state index in [-0.39, 0.29) is 19.3 Å². The van der Waals surface area contributed by atoms with E-state index < -0.39 is 55.3 Å². The first-order valence-electron chi connectivity index (χ1n) is 10.4. The van der Waals surface area contributed by atoms with Crippen molar-refractivity contribution in [3.05, 3.63) is 35.9 Å². The van der Waals surface area contributed by atoms with E-state index in [1.54, 1.807) is 0 Å². The molecule has 10 heteroatoms. The lowest BCUT2D eigenvalue weighted by molar-refractivity contribution is -0.317. The van der Waals surface area contributed by atoms with Crippen molar-refractivity contribution < 1.29 is 49.6 Å². The molecule has 0 radical (unpaired) electrons. The Morgan fingerprint density at radius 2 is 1.77 bits per heavy atom. The third-order valence-electron chi connectivity index (χ3n) is 5.72. The van der Waals surface area contributed by atoms with Crippen LogP contribution in [-0.4, -0.2) is 105 Å². The number of ether oxygens (including phenoxy) is 4. The number of rotatable bonds is 9. The minimum Gasteiger partial charge on any atom is -0.393 e. The van der Waals surface area contributed by atoms with Gasteiger partial charge in [0.25, 0.3) is 0 Å². The standard InChI is InChI=1S/C21H32O10/c1-12(7-8-13-5-3-2-4-6-13)30-19-17(25)16(24)15(23)14(31-19)9-28-20-18(26)21(27,10-22)11-29-20/h2-6,12,14-20,22-27H,7-11H2,1H3. The van der Waals surface area contributed by atoms with Crippen LogP contribution >= 0.6 is 0 Å². The van der Waals surface area contributed by atoms with Crippen LogP contribution in [0.1, 0.15) is 18.9 Å². The molecule has 6 N–H and O–H groups in total. The summed E-state index contributed by atoms with van der Waals surface area (Å²) in [5.74, 6) is 0. The summed E-state index contributed by atoms with van der Waals surface area (Å²) in [6.07, 6.45) is -8.38. The quantitative estimate of drug-likeness (QED) is 0.259. The first kappa shape index (κ1) is 24.5. The van der Waals surface area contributed by atoms with Crippen LogP contribution < -0.4 is 0 Å². The molecule has 31 heavy (non-hydrogen) atoms. The fourth-order valence-corrected chi connectivity index (χ4v) is 3.60. The minimum absolute atomic E-state index is 0.302. The van der Waals surface area contributed by atoms with E-state index in [2.05, 4.69) is 0 Å². The SMILES string of the molecule is CC(CCc1ccccc1)OC1OC(COC2OCC(O)(CO)C2O)C(O)C(O)C1O. The zero-order chi connectivity index (χ0) is 22.6. The number of aryl methyl sites for hydroxylation is 1. The lowest BCUT2D eigenvalue weighted by Crippen LogP contribution is -2.60. The predicted molar refractivity (Wildman–Crippen MR) is 106 cm³/mol. The van der Waals surface area contributed by atoms with Crippen molar-refractivity contribution >= 4 is 0 Å². The minimum atomic E-state index is -1.84. The van der Waals surface area contributed by atoms with E-state index in [0.717, 1.165) is 12.0 Å². The van der Waals surface area contributed by atoms with Crippen molar-refractivity contribution in [3.63, 3.8) is 0 Å². The van der Waals surface area contributed by atoms with Gasteiger partial charge in [0, 0.05) is 0 Å². The monoisotopic (exact) mass is 444 g/mol. The second-order valence-corrected chi connectivity index (χ2v) is 8.20.